The van der Waals surface area contributed by atoms with Gasteiger partial charge in [0.15, 0.2) is 0 Å². The highest BCUT2D eigenvalue weighted by Gasteiger charge is 2.09. The lowest BCUT2D eigenvalue weighted by Gasteiger charge is -2.16. The first-order chi connectivity index (χ1) is 7.15. The van der Waals surface area contributed by atoms with Gasteiger partial charge in [0, 0.05) is 12.7 Å². The zero-order valence-corrected chi connectivity index (χ0v) is 8.94. The summed E-state index contributed by atoms with van der Waals surface area (Å²) in [6.07, 6.45) is 2.74. The lowest BCUT2D eigenvalue weighted by molar-refractivity contribution is 0.138. The molecule has 80 valence electrons. The Bertz CT molecular complexity index is 357. The second-order valence-electron chi connectivity index (χ2n) is 3.73. The number of rotatable bonds is 4. The van der Waals surface area contributed by atoms with Crippen molar-refractivity contribution >= 4 is 5.69 Å². The Morgan fingerprint density at radius 3 is 2.93 bits per heavy atom. The zero-order chi connectivity index (χ0) is 11.3. The van der Waals surface area contributed by atoms with Crippen LogP contribution in [-0.4, -0.2) is 22.7 Å². The summed E-state index contributed by atoms with van der Waals surface area (Å²) in [5, 5.41) is 21.4. The molecule has 2 N–H and O–H groups in total. The van der Waals surface area contributed by atoms with Crippen LogP contribution < -0.4 is 5.32 Å². The lowest BCUT2D eigenvalue weighted by Crippen LogP contribution is -2.25. The van der Waals surface area contributed by atoms with Gasteiger partial charge in [0.1, 0.15) is 6.07 Å². The van der Waals surface area contributed by atoms with E-state index in [0.717, 1.165) is 0 Å². The predicted octanol–water partition coefficient (Wildman–Crippen LogP) is 1.38. The van der Waals surface area contributed by atoms with Crippen molar-refractivity contribution in [3.63, 3.8) is 0 Å². The minimum atomic E-state index is -0.420. The molecule has 0 aliphatic heterocycles. The zero-order valence-electron chi connectivity index (χ0n) is 8.94. The molecule has 0 saturated carbocycles. The highest BCUT2D eigenvalue weighted by molar-refractivity contribution is 5.55. The maximum absolute atomic E-state index is 9.59. The Balaban J connectivity index is 2.62. The maximum Gasteiger partial charge on any atom is 0.101 e. The number of nitriles is 1. The Labute approximate surface area is 89.6 Å². The molecule has 0 fully saturated rings. The van der Waals surface area contributed by atoms with E-state index in [-0.39, 0.29) is 5.92 Å². The molecular formula is C11H15N3O. The quantitative estimate of drug-likeness (QED) is 0.779. The highest BCUT2D eigenvalue weighted by atomic mass is 16.3. The van der Waals surface area contributed by atoms with Crippen molar-refractivity contribution in [2.75, 3.05) is 11.9 Å². The van der Waals surface area contributed by atoms with E-state index >= 15 is 0 Å². The van der Waals surface area contributed by atoms with E-state index in [1.165, 1.54) is 0 Å². The summed E-state index contributed by atoms with van der Waals surface area (Å²) in [5.74, 6) is 0.194. The number of hydrogen-bond acceptors (Lipinski definition) is 4. The van der Waals surface area contributed by atoms with Crippen molar-refractivity contribution in [2.24, 2.45) is 5.92 Å². The third-order valence-electron chi connectivity index (χ3n) is 2.21. The number of aliphatic hydroxyl groups excluding tert-OH is 1. The fourth-order valence-corrected chi connectivity index (χ4v) is 1.08. The Morgan fingerprint density at radius 1 is 1.60 bits per heavy atom. The molecule has 4 heteroatoms. The number of hydrogen-bond donors (Lipinski definition) is 2. The van der Waals surface area contributed by atoms with Crippen LogP contribution in [0.4, 0.5) is 5.69 Å². The van der Waals surface area contributed by atoms with Crippen LogP contribution in [0.15, 0.2) is 18.5 Å². The monoisotopic (exact) mass is 205 g/mol. The van der Waals surface area contributed by atoms with E-state index in [0.29, 0.717) is 17.8 Å². The van der Waals surface area contributed by atoms with Gasteiger partial charge >= 0.3 is 0 Å². The molecule has 15 heavy (non-hydrogen) atoms. The first kappa shape index (κ1) is 11.5. The number of aliphatic hydroxyl groups is 1. The van der Waals surface area contributed by atoms with Crippen LogP contribution in [0.1, 0.15) is 19.4 Å². The molecule has 0 bridgehead atoms. The van der Waals surface area contributed by atoms with Gasteiger partial charge in [-0.2, -0.15) is 5.26 Å². The Kier molecular flexibility index (Phi) is 4.07. The first-order valence-corrected chi connectivity index (χ1v) is 4.91. The third kappa shape index (κ3) is 3.22. The molecular weight excluding hydrogens is 190 g/mol. The van der Waals surface area contributed by atoms with Crippen LogP contribution in [0, 0.1) is 17.2 Å². The number of pyridine rings is 1. The smallest absolute Gasteiger partial charge is 0.101 e. The van der Waals surface area contributed by atoms with Crippen LogP contribution in [0.2, 0.25) is 0 Å². The van der Waals surface area contributed by atoms with Gasteiger partial charge in [-0.15, -0.1) is 0 Å². The molecule has 0 aliphatic rings. The van der Waals surface area contributed by atoms with E-state index in [4.69, 9.17) is 5.26 Å². The van der Waals surface area contributed by atoms with Gasteiger partial charge in [0.2, 0.25) is 0 Å². The summed E-state index contributed by atoms with van der Waals surface area (Å²) in [6, 6.07) is 3.71. The molecule has 0 radical (unpaired) electrons. The first-order valence-electron chi connectivity index (χ1n) is 4.91. The number of anilines is 1. The van der Waals surface area contributed by atoms with Gasteiger partial charge in [0.25, 0.3) is 0 Å². The number of nitrogens with one attached hydrogen (secondary N) is 1. The summed E-state index contributed by atoms with van der Waals surface area (Å²) < 4.78 is 0. The van der Waals surface area contributed by atoms with Gasteiger partial charge in [-0.3, -0.25) is 4.98 Å². The van der Waals surface area contributed by atoms with Crippen molar-refractivity contribution in [3.8, 4) is 6.07 Å². The standard InChI is InChI=1S/C11H15N3O/c1-8(2)11(15)7-14-10-6-13-4-3-9(10)5-12/h3-4,6,8,11,14-15H,7H2,1-2H3. The van der Waals surface area contributed by atoms with Crippen molar-refractivity contribution in [1.29, 1.82) is 5.26 Å². The average Bonchev–Trinajstić information content (AvgIpc) is 2.26. The molecule has 0 spiro atoms. The Hall–Kier alpha value is -1.60. The summed E-state index contributed by atoms with van der Waals surface area (Å²) in [4.78, 5) is 3.92. The van der Waals surface area contributed by atoms with Crippen molar-refractivity contribution < 1.29 is 5.11 Å². The SMILES string of the molecule is CC(C)C(O)CNc1cnccc1C#N. The average molecular weight is 205 g/mol. The second kappa shape index (κ2) is 5.32. The van der Waals surface area contributed by atoms with Crippen molar-refractivity contribution in [1.82, 2.24) is 4.98 Å². The topological polar surface area (TPSA) is 68.9 Å². The van der Waals surface area contributed by atoms with Crippen LogP contribution in [0.5, 0.6) is 0 Å². The normalized spacial score (nSPS) is 12.2. The van der Waals surface area contributed by atoms with E-state index in [1.54, 1.807) is 18.5 Å². The fraction of sp³-hybridized carbons (Fsp3) is 0.455. The van der Waals surface area contributed by atoms with Crippen molar-refractivity contribution in [3.05, 3.63) is 24.0 Å². The van der Waals surface area contributed by atoms with Crippen LogP contribution in [0.3, 0.4) is 0 Å². The van der Waals surface area contributed by atoms with E-state index in [1.807, 2.05) is 13.8 Å². The van der Waals surface area contributed by atoms with Gasteiger partial charge in [-0.05, 0) is 12.0 Å². The van der Waals surface area contributed by atoms with Gasteiger partial charge in [-0.1, -0.05) is 13.8 Å². The van der Waals surface area contributed by atoms with Crippen LogP contribution >= 0.6 is 0 Å². The highest BCUT2D eigenvalue weighted by Crippen LogP contribution is 2.12. The fourth-order valence-electron chi connectivity index (χ4n) is 1.08. The van der Waals surface area contributed by atoms with E-state index in [2.05, 4.69) is 16.4 Å². The largest absolute Gasteiger partial charge is 0.391 e. The second-order valence-corrected chi connectivity index (χ2v) is 3.73. The van der Waals surface area contributed by atoms with E-state index in [9.17, 15) is 5.11 Å². The molecule has 1 atom stereocenters. The summed E-state index contributed by atoms with van der Waals surface area (Å²) in [6.45, 7) is 4.32. The van der Waals surface area contributed by atoms with Crippen LogP contribution in [-0.2, 0) is 0 Å². The molecule has 1 aromatic rings. The van der Waals surface area contributed by atoms with Gasteiger partial charge < -0.3 is 10.4 Å². The van der Waals surface area contributed by atoms with Crippen LogP contribution in [0.25, 0.3) is 0 Å². The van der Waals surface area contributed by atoms with Gasteiger partial charge in [0.05, 0.1) is 23.6 Å². The minimum absolute atomic E-state index is 0.194. The molecule has 0 aliphatic carbocycles. The number of aromatic nitrogens is 1. The summed E-state index contributed by atoms with van der Waals surface area (Å²) in [5.41, 5.74) is 1.21. The summed E-state index contributed by atoms with van der Waals surface area (Å²) in [7, 11) is 0. The van der Waals surface area contributed by atoms with Crippen molar-refractivity contribution in [2.45, 2.75) is 20.0 Å². The van der Waals surface area contributed by atoms with E-state index < -0.39 is 6.10 Å². The summed E-state index contributed by atoms with van der Waals surface area (Å²) >= 11 is 0. The number of nitrogens with zero attached hydrogens (tertiary/aromatic N) is 2. The molecule has 0 saturated heterocycles. The molecule has 1 aromatic heterocycles. The molecule has 0 amide bonds. The molecule has 4 nitrogen and oxygen atoms in total. The molecule has 1 heterocycles. The molecule has 0 aromatic carbocycles. The molecule has 1 rings (SSSR count). The van der Waals surface area contributed by atoms with Gasteiger partial charge in [-0.25, -0.2) is 0 Å². The molecule has 1 unspecified atom stereocenters. The maximum atomic E-state index is 9.59. The Morgan fingerprint density at radius 2 is 2.33 bits per heavy atom. The lowest BCUT2D eigenvalue weighted by atomic mass is 10.1. The minimum Gasteiger partial charge on any atom is -0.391 e. The third-order valence-corrected chi connectivity index (χ3v) is 2.21. The predicted molar refractivity (Wildman–Crippen MR) is 58.3 cm³/mol.